The van der Waals surface area contributed by atoms with Crippen molar-refractivity contribution in [1.29, 1.82) is 0 Å². The van der Waals surface area contributed by atoms with E-state index in [1.807, 2.05) is 20.9 Å². The molecule has 0 aliphatic heterocycles. The van der Waals surface area contributed by atoms with E-state index in [1.165, 1.54) is 32.1 Å². The highest BCUT2D eigenvalue weighted by molar-refractivity contribution is 4.89. The average Bonchev–Trinajstić information content (AvgIpc) is 2.05. The van der Waals surface area contributed by atoms with Crippen LogP contribution in [-0.4, -0.2) is 23.8 Å². The molecule has 1 saturated carbocycles. The van der Waals surface area contributed by atoms with Crippen LogP contribution in [0, 0.1) is 5.92 Å². The Morgan fingerprint density at radius 1 is 1.23 bits per heavy atom. The zero-order valence-electron chi connectivity index (χ0n) is 9.14. The first kappa shape index (κ1) is 11.0. The summed E-state index contributed by atoms with van der Waals surface area (Å²) in [5.74, 6) is 0.666. The summed E-state index contributed by atoms with van der Waals surface area (Å²) >= 11 is 0. The Bertz CT molecular complexity index is 145. The molecule has 13 heavy (non-hydrogen) atoms. The summed E-state index contributed by atoms with van der Waals surface area (Å²) in [4.78, 5) is 0. The van der Waals surface area contributed by atoms with Crippen LogP contribution in [-0.2, 0) is 0 Å². The molecule has 1 atom stereocenters. The van der Waals surface area contributed by atoms with Crippen molar-refractivity contribution in [3.05, 3.63) is 0 Å². The first-order chi connectivity index (χ1) is 6.05. The predicted octanol–water partition coefficient (Wildman–Crippen LogP) is 1.93. The molecule has 0 saturated heterocycles. The highest BCUT2D eigenvalue weighted by atomic mass is 16.3. The van der Waals surface area contributed by atoms with Gasteiger partial charge in [-0.15, -0.1) is 0 Å². The molecule has 0 radical (unpaired) electrons. The van der Waals surface area contributed by atoms with Gasteiger partial charge in [-0.25, -0.2) is 0 Å². The summed E-state index contributed by atoms with van der Waals surface area (Å²) in [7, 11) is 1.96. The maximum absolute atomic E-state index is 9.97. The minimum Gasteiger partial charge on any atom is -0.389 e. The lowest BCUT2D eigenvalue weighted by Gasteiger charge is -2.37. The largest absolute Gasteiger partial charge is 0.389 e. The van der Waals surface area contributed by atoms with E-state index in [0.717, 1.165) is 0 Å². The van der Waals surface area contributed by atoms with Gasteiger partial charge in [0.05, 0.1) is 5.60 Å². The van der Waals surface area contributed by atoms with Gasteiger partial charge in [0.25, 0.3) is 0 Å². The minimum absolute atomic E-state index is 0.257. The van der Waals surface area contributed by atoms with E-state index in [4.69, 9.17) is 0 Å². The van der Waals surface area contributed by atoms with E-state index < -0.39 is 5.60 Å². The second kappa shape index (κ2) is 4.43. The van der Waals surface area contributed by atoms with Crippen LogP contribution < -0.4 is 5.32 Å². The number of nitrogens with one attached hydrogen (secondary N) is 1. The predicted molar refractivity (Wildman–Crippen MR) is 55.7 cm³/mol. The Kier molecular flexibility index (Phi) is 3.74. The van der Waals surface area contributed by atoms with Gasteiger partial charge in [0.15, 0.2) is 0 Å². The fraction of sp³-hybridized carbons (Fsp3) is 1.00. The van der Waals surface area contributed by atoms with Gasteiger partial charge >= 0.3 is 0 Å². The van der Waals surface area contributed by atoms with Gasteiger partial charge in [0.2, 0.25) is 0 Å². The molecule has 0 amide bonds. The number of aliphatic hydroxyl groups is 1. The molecule has 0 aromatic rings. The number of hydrogen-bond acceptors (Lipinski definition) is 2. The van der Waals surface area contributed by atoms with Gasteiger partial charge in [-0.1, -0.05) is 19.3 Å². The second-order valence-electron chi connectivity index (χ2n) is 4.82. The van der Waals surface area contributed by atoms with Crippen LogP contribution in [0.25, 0.3) is 0 Å². The molecule has 2 N–H and O–H groups in total. The van der Waals surface area contributed by atoms with Crippen molar-refractivity contribution in [2.24, 2.45) is 5.92 Å². The van der Waals surface area contributed by atoms with Crippen LogP contribution in [0.15, 0.2) is 0 Å². The third-order valence-electron chi connectivity index (χ3n) is 3.19. The van der Waals surface area contributed by atoms with Gasteiger partial charge in [-0.3, -0.25) is 0 Å². The van der Waals surface area contributed by atoms with Crippen LogP contribution in [0.2, 0.25) is 0 Å². The molecule has 2 heteroatoms. The number of likely N-dealkylation sites (N-methyl/N-ethyl adjacent to an activating group) is 1. The van der Waals surface area contributed by atoms with Crippen molar-refractivity contribution in [1.82, 2.24) is 5.32 Å². The summed E-state index contributed by atoms with van der Waals surface area (Å²) in [6, 6.07) is 0.257. The maximum atomic E-state index is 9.97. The van der Waals surface area contributed by atoms with E-state index in [2.05, 4.69) is 5.32 Å². The number of rotatable bonds is 3. The zero-order chi connectivity index (χ0) is 9.90. The van der Waals surface area contributed by atoms with Crippen molar-refractivity contribution in [3.63, 3.8) is 0 Å². The minimum atomic E-state index is -0.587. The molecule has 0 heterocycles. The highest BCUT2D eigenvalue weighted by Crippen LogP contribution is 2.30. The number of hydrogen-bond donors (Lipinski definition) is 2. The smallest absolute Gasteiger partial charge is 0.0746 e. The Morgan fingerprint density at radius 3 is 2.15 bits per heavy atom. The summed E-state index contributed by atoms with van der Waals surface area (Å²) in [5, 5.41) is 13.2. The average molecular weight is 185 g/mol. The Hall–Kier alpha value is -0.0800. The van der Waals surface area contributed by atoms with E-state index in [1.54, 1.807) is 0 Å². The van der Waals surface area contributed by atoms with Gasteiger partial charge in [-0.05, 0) is 39.7 Å². The summed E-state index contributed by atoms with van der Waals surface area (Å²) < 4.78 is 0. The Balaban J connectivity index is 2.54. The molecule has 1 unspecified atom stereocenters. The molecule has 0 aromatic carbocycles. The molecule has 1 aliphatic rings. The third-order valence-corrected chi connectivity index (χ3v) is 3.19. The molecule has 2 nitrogen and oxygen atoms in total. The van der Waals surface area contributed by atoms with Crippen molar-refractivity contribution < 1.29 is 5.11 Å². The standard InChI is InChI=1S/C11H23NO/c1-11(2,13)10(12-3)9-7-5-4-6-8-9/h9-10,12-13H,4-8H2,1-3H3. The van der Waals surface area contributed by atoms with Crippen molar-refractivity contribution in [2.45, 2.75) is 57.6 Å². The van der Waals surface area contributed by atoms with E-state index in [-0.39, 0.29) is 6.04 Å². The van der Waals surface area contributed by atoms with Crippen molar-refractivity contribution in [2.75, 3.05) is 7.05 Å². The maximum Gasteiger partial charge on any atom is 0.0746 e. The Labute approximate surface area is 81.7 Å². The fourth-order valence-corrected chi connectivity index (χ4v) is 2.63. The highest BCUT2D eigenvalue weighted by Gasteiger charge is 2.33. The summed E-state index contributed by atoms with van der Waals surface area (Å²) in [6.45, 7) is 3.81. The molecule has 1 aliphatic carbocycles. The van der Waals surface area contributed by atoms with Gasteiger partial charge in [0, 0.05) is 6.04 Å². The van der Waals surface area contributed by atoms with Gasteiger partial charge in [-0.2, -0.15) is 0 Å². The lowest BCUT2D eigenvalue weighted by atomic mass is 9.78. The first-order valence-corrected chi connectivity index (χ1v) is 5.45. The van der Waals surface area contributed by atoms with E-state index >= 15 is 0 Å². The van der Waals surface area contributed by atoms with Gasteiger partial charge in [0.1, 0.15) is 0 Å². The molecule has 0 bridgehead atoms. The molecule has 0 spiro atoms. The van der Waals surface area contributed by atoms with E-state index in [0.29, 0.717) is 5.92 Å². The lowest BCUT2D eigenvalue weighted by molar-refractivity contribution is 0.00969. The van der Waals surface area contributed by atoms with Crippen molar-refractivity contribution >= 4 is 0 Å². The summed E-state index contributed by atoms with van der Waals surface area (Å²) in [6.07, 6.45) is 6.58. The Morgan fingerprint density at radius 2 is 1.77 bits per heavy atom. The summed E-state index contributed by atoms with van der Waals surface area (Å²) in [5.41, 5.74) is -0.587. The lowest BCUT2D eigenvalue weighted by Crippen LogP contribution is -2.50. The molecule has 0 aromatic heterocycles. The van der Waals surface area contributed by atoms with Crippen LogP contribution in [0.3, 0.4) is 0 Å². The monoisotopic (exact) mass is 185 g/mol. The molecular formula is C11H23NO. The SMILES string of the molecule is CNC(C1CCCCC1)C(C)(C)O. The fourth-order valence-electron chi connectivity index (χ4n) is 2.63. The topological polar surface area (TPSA) is 32.3 Å². The molecule has 1 rings (SSSR count). The first-order valence-electron chi connectivity index (χ1n) is 5.45. The van der Waals surface area contributed by atoms with Gasteiger partial charge < -0.3 is 10.4 Å². The van der Waals surface area contributed by atoms with Crippen molar-refractivity contribution in [3.8, 4) is 0 Å². The quantitative estimate of drug-likeness (QED) is 0.704. The van der Waals surface area contributed by atoms with Crippen LogP contribution in [0.4, 0.5) is 0 Å². The van der Waals surface area contributed by atoms with Crippen LogP contribution >= 0.6 is 0 Å². The molecule has 78 valence electrons. The molecular weight excluding hydrogens is 162 g/mol. The molecule has 1 fully saturated rings. The van der Waals surface area contributed by atoms with Crippen LogP contribution in [0.1, 0.15) is 46.0 Å². The normalized spacial score (nSPS) is 23.1. The van der Waals surface area contributed by atoms with Crippen LogP contribution in [0.5, 0.6) is 0 Å². The zero-order valence-corrected chi connectivity index (χ0v) is 9.14. The third kappa shape index (κ3) is 2.96. The second-order valence-corrected chi connectivity index (χ2v) is 4.82. The van der Waals surface area contributed by atoms with E-state index in [9.17, 15) is 5.11 Å².